The van der Waals surface area contributed by atoms with Gasteiger partial charge in [-0.25, -0.2) is 0 Å². The first-order chi connectivity index (χ1) is 8.99. The monoisotopic (exact) mass is 324 g/mol. The zero-order chi connectivity index (χ0) is 15.6. The Kier molecular flexibility index (Phi) is 5.01. The van der Waals surface area contributed by atoms with Gasteiger partial charge in [0.05, 0.1) is 6.10 Å². The molecule has 1 unspecified atom stereocenters. The number of alkyl halides is 5. The van der Waals surface area contributed by atoms with E-state index in [9.17, 15) is 30.4 Å². The number of hydrogen-bond donors (Lipinski definition) is 0. The third-order valence-corrected chi connectivity index (χ3v) is 3.74. The Morgan fingerprint density at radius 1 is 1.30 bits per heavy atom. The molecule has 0 N–H and O–H groups in total. The predicted octanol–water partition coefficient (Wildman–Crippen LogP) is 2.96. The molecule has 0 bridgehead atoms. The molecule has 4 nitrogen and oxygen atoms in total. The van der Waals surface area contributed by atoms with Gasteiger partial charge >= 0.3 is 21.5 Å². The van der Waals surface area contributed by atoms with Crippen LogP contribution in [0.25, 0.3) is 0 Å². The van der Waals surface area contributed by atoms with E-state index in [4.69, 9.17) is 4.74 Å². The van der Waals surface area contributed by atoms with Crippen molar-refractivity contribution in [2.75, 3.05) is 7.11 Å². The van der Waals surface area contributed by atoms with E-state index in [0.717, 1.165) is 0 Å². The third kappa shape index (κ3) is 4.05. The summed E-state index contributed by atoms with van der Waals surface area (Å²) in [6, 6.07) is 0. The molecule has 0 aromatic carbocycles. The molecule has 1 aliphatic carbocycles. The molecule has 0 fully saturated rings. The van der Waals surface area contributed by atoms with Gasteiger partial charge in [-0.2, -0.15) is 30.4 Å². The Labute approximate surface area is 112 Å². The lowest BCUT2D eigenvalue weighted by Gasteiger charge is -2.25. The SMILES string of the molecule is COC1CCC=C(OS(=O)(=O)C(F)(F)F)C(F)(F)CC1. The fourth-order valence-electron chi connectivity index (χ4n) is 1.66. The van der Waals surface area contributed by atoms with Crippen molar-refractivity contribution in [1.82, 2.24) is 0 Å². The summed E-state index contributed by atoms with van der Waals surface area (Å²) in [6.07, 6.45) is -0.560. The van der Waals surface area contributed by atoms with Gasteiger partial charge in [0.1, 0.15) is 0 Å². The maximum atomic E-state index is 13.7. The van der Waals surface area contributed by atoms with Gasteiger partial charge in [-0.1, -0.05) is 0 Å². The van der Waals surface area contributed by atoms with Crippen LogP contribution in [0, 0.1) is 0 Å². The van der Waals surface area contributed by atoms with E-state index >= 15 is 0 Å². The van der Waals surface area contributed by atoms with Crippen LogP contribution in [0.1, 0.15) is 25.7 Å². The molecule has 0 aliphatic heterocycles. The van der Waals surface area contributed by atoms with E-state index in [-0.39, 0.29) is 19.3 Å². The van der Waals surface area contributed by atoms with Crippen LogP contribution in [0.2, 0.25) is 0 Å². The van der Waals surface area contributed by atoms with E-state index in [2.05, 4.69) is 4.18 Å². The number of methoxy groups -OCH3 is 1. The molecule has 0 saturated carbocycles. The summed E-state index contributed by atoms with van der Waals surface area (Å²) < 4.78 is 93.8. The zero-order valence-corrected chi connectivity index (χ0v) is 11.2. The minimum Gasteiger partial charge on any atom is -0.381 e. The fourth-order valence-corrected chi connectivity index (χ4v) is 2.18. The Morgan fingerprint density at radius 2 is 1.90 bits per heavy atom. The summed E-state index contributed by atoms with van der Waals surface area (Å²) in [7, 11) is -4.76. The van der Waals surface area contributed by atoms with Crippen LogP contribution in [-0.2, 0) is 19.0 Å². The van der Waals surface area contributed by atoms with Crippen molar-refractivity contribution < 1.29 is 39.3 Å². The van der Waals surface area contributed by atoms with Crippen molar-refractivity contribution in [3.63, 3.8) is 0 Å². The van der Waals surface area contributed by atoms with Gasteiger partial charge in [-0.15, -0.1) is 0 Å². The lowest BCUT2D eigenvalue weighted by Crippen LogP contribution is -2.32. The number of hydrogen-bond acceptors (Lipinski definition) is 4. The second-order valence-electron chi connectivity index (χ2n) is 4.23. The average molecular weight is 324 g/mol. The molecule has 118 valence electrons. The topological polar surface area (TPSA) is 52.6 Å². The molecule has 10 heteroatoms. The zero-order valence-electron chi connectivity index (χ0n) is 10.4. The number of halogens is 5. The van der Waals surface area contributed by atoms with Crippen LogP contribution >= 0.6 is 0 Å². The van der Waals surface area contributed by atoms with E-state index in [1.165, 1.54) is 7.11 Å². The minimum absolute atomic E-state index is 0.0726. The maximum absolute atomic E-state index is 13.7. The molecule has 1 rings (SSSR count). The van der Waals surface area contributed by atoms with E-state index in [0.29, 0.717) is 6.08 Å². The Morgan fingerprint density at radius 3 is 2.40 bits per heavy atom. The van der Waals surface area contributed by atoms with Crippen molar-refractivity contribution in [3.05, 3.63) is 11.8 Å². The largest absolute Gasteiger partial charge is 0.534 e. The van der Waals surface area contributed by atoms with Crippen LogP contribution in [0.4, 0.5) is 22.0 Å². The van der Waals surface area contributed by atoms with Crippen LogP contribution in [0.5, 0.6) is 0 Å². The molecule has 0 amide bonds. The molecule has 0 saturated heterocycles. The highest BCUT2D eigenvalue weighted by Crippen LogP contribution is 2.37. The summed E-state index contributed by atoms with van der Waals surface area (Å²) in [5, 5.41) is 0. The molecule has 0 aromatic heterocycles. The molecule has 20 heavy (non-hydrogen) atoms. The summed E-state index contributed by atoms with van der Waals surface area (Å²) in [5.41, 5.74) is -5.75. The molecular weight excluding hydrogens is 311 g/mol. The number of rotatable bonds is 3. The molecule has 1 atom stereocenters. The van der Waals surface area contributed by atoms with Gasteiger partial charge in [0.25, 0.3) is 0 Å². The minimum atomic E-state index is -6.10. The van der Waals surface area contributed by atoms with E-state index in [1.54, 1.807) is 0 Å². The van der Waals surface area contributed by atoms with Gasteiger partial charge in [-0.05, 0) is 25.3 Å². The second kappa shape index (κ2) is 5.84. The molecule has 0 aromatic rings. The van der Waals surface area contributed by atoms with Gasteiger partial charge in [0.2, 0.25) is 0 Å². The molecule has 0 heterocycles. The lowest BCUT2D eigenvalue weighted by molar-refractivity contribution is -0.0609. The van der Waals surface area contributed by atoms with Crippen LogP contribution in [-0.4, -0.2) is 33.1 Å². The highest BCUT2D eigenvalue weighted by Gasteiger charge is 2.51. The third-order valence-electron chi connectivity index (χ3n) is 2.78. The Hall–Kier alpha value is -0.900. The smallest absolute Gasteiger partial charge is 0.381 e. The molecule has 0 radical (unpaired) electrons. The average Bonchev–Trinajstić information content (AvgIpc) is 2.28. The highest BCUT2D eigenvalue weighted by atomic mass is 32.2. The lowest BCUT2D eigenvalue weighted by atomic mass is 10.00. The molecule has 0 spiro atoms. The fraction of sp³-hybridized carbons (Fsp3) is 0.800. The van der Waals surface area contributed by atoms with Gasteiger partial charge in [0, 0.05) is 13.5 Å². The van der Waals surface area contributed by atoms with Gasteiger partial charge in [0.15, 0.2) is 5.76 Å². The second-order valence-corrected chi connectivity index (χ2v) is 5.77. The number of allylic oxidation sites excluding steroid dienone is 2. The Bertz CT molecular complexity index is 469. The van der Waals surface area contributed by atoms with Gasteiger partial charge in [-0.3, -0.25) is 0 Å². The summed E-state index contributed by atoms with van der Waals surface area (Å²) in [5.74, 6) is -5.28. The van der Waals surface area contributed by atoms with Crippen molar-refractivity contribution in [3.8, 4) is 0 Å². The van der Waals surface area contributed by atoms with Crippen LogP contribution < -0.4 is 0 Å². The van der Waals surface area contributed by atoms with Crippen molar-refractivity contribution >= 4 is 10.1 Å². The molecular formula is C10H13F5O4S. The Balaban J connectivity index is 2.98. The summed E-state index contributed by atoms with van der Waals surface area (Å²) >= 11 is 0. The first-order valence-corrected chi connectivity index (χ1v) is 7.02. The highest BCUT2D eigenvalue weighted by molar-refractivity contribution is 7.87. The standard InChI is InChI=1S/C10H13F5O4S/c1-18-7-3-2-4-8(9(11,12)6-5-7)19-20(16,17)10(13,14)15/h4,7H,2-3,5-6H2,1H3. The van der Waals surface area contributed by atoms with E-state index < -0.39 is 39.8 Å². The van der Waals surface area contributed by atoms with Crippen molar-refractivity contribution in [1.29, 1.82) is 0 Å². The summed E-state index contributed by atoms with van der Waals surface area (Å²) in [4.78, 5) is 0. The first-order valence-electron chi connectivity index (χ1n) is 5.61. The maximum Gasteiger partial charge on any atom is 0.534 e. The van der Waals surface area contributed by atoms with E-state index in [1.807, 2.05) is 0 Å². The van der Waals surface area contributed by atoms with Gasteiger partial charge < -0.3 is 8.92 Å². The quantitative estimate of drug-likeness (QED) is 0.455. The number of ether oxygens (including phenoxy) is 1. The molecule has 1 aliphatic rings. The normalized spacial score (nSPS) is 24.5. The first kappa shape index (κ1) is 17.2. The van der Waals surface area contributed by atoms with Crippen LogP contribution in [0.3, 0.4) is 0 Å². The predicted molar refractivity (Wildman–Crippen MR) is 58.4 cm³/mol. The van der Waals surface area contributed by atoms with Crippen LogP contribution in [0.15, 0.2) is 11.8 Å². The van der Waals surface area contributed by atoms with Crippen molar-refractivity contribution in [2.24, 2.45) is 0 Å². The van der Waals surface area contributed by atoms with Crippen molar-refractivity contribution in [2.45, 2.75) is 43.2 Å². The summed E-state index contributed by atoms with van der Waals surface area (Å²) in [6.45, 7) is 0.